The molecular weight excluding hydrogens is 280 g/mol. The molecule has 0 bridgehead atoms. The van der Waals surface area contributed by atoms with E-state index in [2.05, 4.69) is 30.5 Å². The van der Waals surface area contributed by atoms with Crippen LogP contribution in [-0.2, 0) is 11.3 Å². The fraction of sp³-hybridized carbons (Fsp3) is 0.353. The smallest absolute Gasteiger partial charge is 0.227 e. The monoisotopic (exact) mass is 300 g/mol. The van der Waals surface area contributed by atoms with E-state index in [4.69, 9.17) is 0 Å². The van der Waals surface area contributed by atoms with Gasteiger partial charge >= 0.3 is 0 Å². The maximum absolute atomic E-state index is 11.7. The molecule has 0 aliphatic heterocycles. The Morgan fingerprint density at radius 2 is 1.86 bits per heavy atom. The molecule has 2 N–H and O–H groups in total. The minimum atomic E-state index is 0.153. The number of benzene rings is 1. The number of carbonyl (C=O) groups excluding carboxylic acids is 1. The predicted molar refractivity (Wildman–Crippen MR) is 88.9 cm³/mol. The van der Waals surface area contributed by atoms with Crippen LogP contribution in [0, 0.1) is 19.8 Å². The Balaban J connectivity index is 1.56. The van der Waals surface area contributed by atoms with Crippen LogP contribution in [0.25, 0.3) is 0 Å². The Kier molecular flexibility index (Phi) is 3.97. The first-order valence-electron chi connectivity index (χ1n) is 7.32. The average Bonchev–Trinajstić information content (AvgIpc) is 3.25. The molecule has 0 atom stereocenters. The summed E-state index contributed by atoms with van der Waals surface area (Å²) in [4.78, 5) is 14.4. The van der Waals surface area contributed by atoms with Crippen LogP contribution in [0.15, 0.2) is 30.3 Å². The number of hydrogen-bond acceptors (Lipinski definition) is 3. The van der Waals surface area contributed by atoms with Crippen molar-refractivity contribution in [2.24, 2.45) is 5.92 Å². The minimum absolute atomic E-state index is 0.153. The van der Waals surface area contributed by atoms with Gasteiger partial charge < -0.3 is 10.6 Å². The van der Waals surface area contributed by atoms with Crippen molar-refractivity contribution < 1.29 is 4.79 Å². The maximum atomic E-state index is 11.7. The summed E-state index contributed by atoms with van der Waals surface area (Å²) in [6, 6.07) is 10.2. The summed E-state index contributed by atoms with van der Waals surface area (Å²) in [6.45, 7) is 5.13. The second-order valence-electron chi connectivity index (χ2n) is 5.63. The summed E-state index contributed by atoms with van der Waals surface area (Å²) in [6.07, 6.45) is 2.07. The van der Waals surface area contributed by atoms with E-state index < -0.39 is 0 Å². The molecule has 3 rings (SSSR count). The van der Waals surface area contributed by atoms with Gasteiger partial charge in [-0.05, 0) is 62.6 Å². The summed E-state index contributed by atoms with van der Waals surface area (Å²) in [7, 11) is 0. The summed E-state index contributed by atoms with van der Waals surface area (Å²) in [5, 5.41) is 6.38. The lowest BCUT2D eigenvalue weighted by Gasteiger charge is -2.08. The van der Waals surface area contributed by atoms with Gasteiger partial charge in [0.25, 0.3) is 0 Å². The van der Waals surface area contributed by atoms with Gasteiger partial charge in [-0.15, -0.1) is 11.3 Å². The topological polar surface area (TPSA) is 41.1 Å². The van der Waals surface area contributed by atoms with Crippen LogP contribution in [-0.4, -0.2) is 5.91 Å². The third kappa shape index (κ3) is 3.64. The number of carbonyl (C=O) groups is 1. The van der Waals surface area contributed by atoms with Crippen LogP contribution in [0.4, 0.5) is 11.4 Å². The second kappa shape index (κ2) is 5.90. The van der Waals surface area contributed by atoms with Crippen molar-refractivity contribution in [1.82, 2.24) is 0 Å². The predicted octanol–water partition coefficient (Wildman–Crippen LogP) is 4.33. The van der Waals surface area contributed by atoms with Crippen LogP contribution in [0.3, 0.4) is 0 Å². The number of nitrogens with one attached hydrogen (secondary N) is 2. The zero-order valence-corrected chi connectivity index (χ0v) is 13.2. The van der Waals surface area contributed by atoms with Crippen LogP contribution in [0.2, 0.25) is 0 Å². The summed E-state index contributed by atoms with van der Waals surface area (Å²) in [5.74, 6) is 0.396. The van der Waals surface area contributed by atoms with Crippen molar-refractivity contribution in [1.29, 1.82) is 0 Å². The molecular formula is C17H20N2OS. The Morgan fingerprint density at radius 1 is 1.19 bits per heavy atom. The van der Waals surface area contributed by atoms with Crippen molar-refractivity contribution in [2.75, 3.05) is 10.6 Å². The Labute approximate surface area is 129 Å². The highest BCUT2D eigenvalue weighted by atomic mass is 32.1. The fourth-order valence-corrected chi connectivity index (χ4v) is 3.26. The van der Waals surface area contributed by atoms with Crippen molar-refractivity contribution in [3.05, 3.63) is 45.6 Å². The Hall–Kier alpha value is -1.81. The Bertz CT molecular complexity index is 641. The van der Waals surface area contributed by atoms with Gasteiger partial charge in [0, 0.05) is 33.6 Å². The highest BCUT2D eigenvalue weighted by Gasteiger charge is 2.29. The molecule has 3 nitrogen and oxygen atoms in total. The number of rotatable bonds is 5. The molecule has 0 radical (unpaired) electrons. The zero-order valence-electron chi connectivity index (χ0n) is 12.4. The SMILES string of the molecule is Cc1cc(CNc2ccc(NC(=O)C3CC3)cc2)c(C)s1. The van der Waals surface area contributed by atoms with Crippen LogP contribution < -0.4 is 10.6 Å². The fourth-order valence-electron chi connectivity index (χ4n) is 2.32. The Morgan fingerprint density at radius 3 is 2.43 bits per heavy atom. The van der Waals surface area contributed by atoms with Gasteiger partial charge in [-0.1, -0.05) is 0 Å². The molecule has 2 aromatic rings. The highest BCUT2D eigenvalue weighted by Crippen LogP contribution is 2.30. The lowest BCUT2D eigenvalue weighted by Crippen LogP contribution is -2.13. The van der Waals surface area contributed by atoms with Crippen LogP contribution in [0.5, 0.6) is 0 Å². The number of anilines is 2. The lowest BCUT2D eigenvalue weighted by atomic mass is 10.2. The number of thiophene rings is 1. The van der Waals surface area contributed by atoms with Gasteiger partial charge in [0.15, 0.2) is 0 Å². The molecule has 1 fully saturated rings. The van der Waals surface area contributed by atoms with Crippen molar-refractivity contribution in [3.8, 4) is 0 Å². The molecule has 1 amide bonds. The third-order valence-corrected chi connectivity index (χ3v) is 4.74. The summed E-state index contributed by atoms with van der Waals surface area (Å²) >= 11 is 1.83. The first kappa shape index (κ1) is 14.1. The van der Waals surface area contributed by atoms with Gasteiger partial charge in [0.1, 0.15) is 0 Å². The molecule has 1 aliphatic carbocycles. The highest BCUT2D eigenvalue weighted by molar-refractivity contribution is 7.12. The number of amides is 1. The van der Waals surface area contributed by atoms with Crippen molar-refractivity contribution in [2.45, 2.75) is 33.2 Å². The number of hydrogen-bond donors (Lipinski definition) is 2. The molecule has 21 heavy (non-hydrogen) atoms. The van der Waals surface area contributed by atoms with Gasteiger partial charge in [-0.3, -0.25) is 4.79 Å². The quantitative estimate of drug-likeness (QED) is 0.863. The van der Waals surface area contributed by atoms with Gasteiger partial charge in [0.2, 0.25) is 5.91 Å². The molecule has 1 saturated carbocycles. The van der Waals surface area contributed by atoms with E-state index in [1.165, 1.54) is 15.3 Å². The maximum Gasteiger partial charge on any atom is 0.227 e. The van der Waals surface area contributed by atoms with E-state index >= 15 is 0 Å². The summed E-state index contributed by atoms with van der Waals surface area (Å²) in [5.41, 5.74) is 3.30. The molecule has 1 aliphatic rings. The standard InChI is InChI=1S/C17H20N2OS/c1-11-9-14(12(2)21-11)10-18-15-5-7-16(8-6-15)19-17(20)13-3-4-13/h5-9,13,18H,3-4,10H2,1-2H3,(H,19,20). The largest absolute Gasteiger partial charge is 0.381 e. The zero-order chi connectivity index (χ0) is 14.8. The van der Waals surface area contributed by atoms with Crippen LogP contribution in [0.1, 0.15) is 28.2 Å². The molecule has 0 saturated heterocycles. The average molecular weight is 300 g/mol. The minimum Gasteiger partial charge on any atom is -0.381 e. The van der Waals surface area contributed by atoms with E-state index in [0.717, 1.165) is 30.8 Å². The van der Waals surface area contributed by atoms with E-state index in [0.29, 0.717) is 0 Å². The van der Waals surface area contributed by atoms with E-state index in [1.807, 2.05) is 35.6 Å². The van der Waals surface area contributed by atoms with E-state index in [9.17, 15) is 4.79 Å². The molecule has 1 heterocycles. The number of aryl methyl sites for hydroxylation is 2. The lowest BCUT2D eigenvalue weighted by molar-refractivity contribution is -0.117. The van der Waals surface area contributed by atoms with Gasteiger partial charge in [0.05, 0.1) is 0 Å². The van der Waals surface area contributed by atoms with Crippen molar-refractivity contribution >= 4 is 28.6 Å². The third-order valence-electron chi connectivity index (χ3n) is 3.73. The molecule has 110 valence electrons. The summed E-state index contributed by atoms with van der Waals surface area (Å²) < 4.78 is 0. The molecule has 1 aromatic heterocycles. The normalized spacial score (nSPS) is 14.0. The molecule has 1 aromatic carbocycles. The van der Waals surface area contributed by atoms with E-state index in [-0.39, 0.29) is 11.8 Å². The van der Waals surface area contributed by atoms with Gasteiger partial charge in [-0.2, -0.15) is 0 Å². The molecule has 0 unspecified atom stereocenters. The molecule has 4 heteroatoms. The van der Waals surface area contributed by atoms with Crippen molar-refractivity contribution in [3.63, 3.8) is 0 Å². The van der Waals surface area contributed by atoms with Gasteiger partial charge in [-0.25, -0.2) is 0 Å². The van der Waals surface area contributed by atoms with Crippen LogP contribution >= 0.6 is 11.3 Å². The first-order chi connectivity index (χ1) is 10.1. The first-order valence-corrected chi connectivity index (χ1v) is 8.14. The van der Waals surface area contributed by atoms with E-state index in [1.54, 1.807) is 0 Å². The second-order valence-corrected chi connectivity index (χ2v) is 7.09. The molecule has 0 spiro atoms.